The third kappa shape index (κ3) is 7.36. The summed E-state index contributed by atoms with van der Waals surface area (Å²) in [6, 6.07) is 20.8. The molecule has 10 heteroatoms. The number of halogens is 2. The third-order valence-electron chi connectivity index (χ3n) is 6.14. The highest BCUT2D eigenvalue weighted by atomic mass is 79.9. The molecule has 0 unspecified atom stereocenters. The topological polar surface area (TPSA) is 86.8 Å². The fraction of sp³-hybridized carbons (Fsp3) is 0.286. The number of amides is 2. The summed E-state index contributed by atoms with van der Waals surface area (Å²) in [7, 11) is -4.16. The second-order valence-corrected chi connectivity index (χ2v) is 12.1. The Morgan fingerprint density at radius 3 is 2.26 bits per heavy atom. The molecule has 0 fully saturated rings. The maximum absolute atomic E-state index is 13.9. The SMILES string of the molecule is CC[C@H](C)NC(=O)[C@@H](C)N(Cc1cccc(Br)c1)C(=O)CN(c1ccccc1Cl)S(=O)(=O)c1ccccc1. The normalized spacial score (nSPS) is 12.9. The lowest BCUT2D eigenvalue weighted by atomic mass is 10.1. The van der Waals surface area contributed by atoms with E-state index >= 15 is 0 Å². The number of nitrogens with zero attached hydrogens (tertiary/aromatic N) is 2. The van der Waals surface area contributed by atoms with E-state index in [1.807, 2.05) is 38.1 Å². The van der Waals surface area contributed by atoms with Crippen LogP contribution in [0.25, 0.3) is 0 Å². The Morgan fingerprint density at radius 2 is 1.63 bits per heavy atom. The zero-order valence-electron chi connectivity index (χ0n) is 21.5. The molecule has 2 amide bonds. The average molecular weight is 621 g/mol. The van der Waals surface area contributed by atoms with Gasteiger partial charge in [0.1, 0.15) is 12.6 Å². The number of sulfonamides is 1. The summed E-state index contributed by atoms with van der Waals surface area (Å²) in [6.45, 7) is 5.04. The van der Waals surface area contributed by atoms with Crippen molar-refractivity contribution in [2.24, 2.45) is 0 Å². The van der Waals surface area contributed by atoms with Crippen molar-refractivity contribution in [3.05, 3.63) is 93.9 Å². The number of anilines is 1. The Balaban J connectivity index is 2.03. The molecular weight excluding hydrogens is 590 g/mol. The van der Waals surface area contributed by atoms with Crippen LogP contribution >= 0.6 is 27.5 Å². The molecule has 0 aromatic heterocycles. The first kappa shape index (κ1) is 29.7. The standard InChI is InChI=1S/C28H31BrClN3O4S/c1-4-20(2)31-28(35)21(3)32(18-22-11-10-12-23(29)17-22)27(34)19-33(26-16-9-8-15-25(26)30)38(36,37)24-13-6-5-7-14-24/h5-17,20-21H,4,18-19H2,1-3H3,(H,31,35)/t20-,21+/m0/s1. The van der Waals surface area contributed by atoms with E-state index in [1.54, 1.807) is 49.4 Å². The molecule has 202 valence electrons. The Bertz CT molecular complexity index is 1370. The lowest BCUT2D eigenvalue weighted by molar-refractivity contribution is -0.139. The van der Waals surface area contributed by atoms with Crippen LogP contribution in [0.5, 0.6) is 0 Å². The van der Waals surface area contributed by atoms with Crippen LogP contribution in [-0.4, -0.2) is 43.8 Å². The molecule has 2 atom stereocenters. The van der Waals surface area contributed by atoms with E-state index in [1.165, 1.54) is 17.0 Å². The smallest absolute Gasteiger partial charge is 0.264 e. The highest BCUT2D eigenvalue weighted by Crippen LogP contribution is 2.30. The largest absolute Gasteiger partial charge is 0.352 e. The van der Waals surface area contributed by atoms with Crippen molar-refractivity contribution < 1.29 is 18.0 Å². The second kappa shape index (κ2) is 13.3. The number of rotatable bonds is 11. The van der Waals surface area contributed by atoms with Gasteiger partial charge in [0.2, 0.25) is 11.8 Å². The number of nitrogens with one attached hydrogen (secondary N) is 1. The van der Waals surface area contributed by atoms with E-state index in [9.17, 15) is 18.0 Å². The van der Waals surface area contributed by atoms with Crippen LogP contribution < -0.4 is 9.62 Å². The van der Waals surface area contributed by atoms with Gasteiger partial charge in [-0.25, -0.2) is 8.42 Å². The molecule has 0 radical (unpaired) electrons. The van der Waals surface area contributed by atoms with E-state index in [-0.39, 0.29) is 34.1 Å². The van der Waals surface area contributed by atoms with Gasteiger partial charge in [0.15, 0.2) is 0 Å². The zero-order valence-corrected chi connectivity index (χ0v) is 24.6. The quantitative estimate of drug-likeness (QED) is 0.301. The molecule has 3 aromatic carbocycles. The number of para-hydroxylation sites is 1. The van der Waals surface area contributed by atoms with Gasteiger partial charge in [-0.15, -0.1) is 0 Å². The van der Waals surface area contributed by atoms with Crippen LogP contribution in [0.3, 0.4) is 0 Å². The lowest BCUT2D eigenvalue weighted by Gasteiger charge is -2.32. The van der Waals surface area contributed by atoms with Gasteiger partial charge in [0.05, 0.1) is 15.6 Å². The molecule has 0 saturated heterocycles. The molecule has 3 rings (SSSR count). The Kier molecular flexibility index (Phi) is 10.4. The summed E-state index contributed by atoms with van der Waals surface area (Å²) < 4.78 is 29.3. The zero-order chi connectivity index (χ0) is 27.9. The maximum Gasteiger partial charge on any atom is 0.264 e. The molecule has 0 bridgehead atoms. The van der Waals surface area contributed by atoms with E-state index < -0.39 is 28.5 Å². The summed E-state index contributed by atoms with van der Waals surface area (Å²) in [5, 5.41) is 3.10. The number of carbonyl (C=O) groups excluding carboxylic acids is 2. The van der Waals surface area contributed by atoms with Crippen LogP contribution in [0.15, 0.2) is 88.2 Å². The predicted molar refractivity (Wildman–Crippen MR) is 154 cm³/mol. The first-order valence-corrected chi connectivity index (χ1v) is 14.8. The summed E-state index contributed by atoms with van der Waals surface area (Å²) in [6.07, 6.45) is 0.730. The van der Waals surface area contributed by atoms with Crippen molar-refractivity contribution in [1.82, 2.24) is 10.2 Å². The van der Waals surface area contributed by atoms with Crippen LogP contribution in [-0.2, 0) is 26.2 Å². The molecule has 0 aliphatic rings. The molecule has 0 saturated carbocycles. The van der Waals surface area contributed by atoms with Crippen molar-refractivity contribution in [1.29, 1.82) is 0 Å². The minimum Gasteiger partial charge on any atom is -0.352 e. The molecule has 0 heterocycles. The summed E-state index contributed by atoms with van der Waals surface area (Å²) in [5.74, 6) is -0.867. The minimum atomic E-state index is -4.16. The van der Waals surface area contributed by atoms with E-state index in [2.05, 4.69) is 21.2 Å². The fourth-order valence-corrected chi connectivity index (χ4v) is 5.96. The Morgan fingerprint density at radius 1 is 0.974 bits per heavy atom. The van der Waals surface area contributed by atoms with Gasteiger partial charge in [0.25, 0.3) is 10.0 Å². The fourth-order valence-electron chi connectivity index (χ4n) is 3.77. The molecule has 3 aromatic rings. The summed E-state index contributed by atoms with van der Waals surface area (Å²) >= 11 is 9.85. The van der Waals surface area contributed by atoms with Crippen LogP contribution in [0, 0.1) is 0 Å². The van der Waals surface area contributed by atoms with Crippen LogP contribution in [0.4, 0.5) is 5.69 Å². The molecule has 7 nitrogen and oxygen atoms in total. The van der Waals surface area contributed by atoms with Gasteiger partial charge in [-0.3, -0.25) is 13.9 Å². The highest BCUT2D eigenvalue weighted by molar-refractivity contribution is 9.10. The van der Waals surface area contributed by atoms with Crippen molar-refractivity contribution >= 4 is 55.1 Å². The predicted octanol–water partition coefficient (Wildman–Crippen LogP) is 5.63. The van der Waals surface area contributed by atoms with Gasteiger partial charge in [-0.2, -0.15) is 0 Å². The monoisotopic (exact) mass is 619 g/mol. The molecule has 0 aliphatic heterocycles. The van der Waals surface area contributed by atoms with Gasteiger partial charge in [-0.05, 0) is 62.2 Å². The first-order valence-electron chi connectivity index (χ1n) is 12.2. The van der Waals surface area contributed by atoms with Gasteiger partial charge in [0, 0.05) is 17.1 Å². The molecular formula is C28H31BrClN3O4S. The van der Waals surface area contributed by atoms with E-state index in [0.717, 1.165) is 20.8 Å². The lowest BCUT2D eigenvalue weighted by Crippen LogP contribution is -2.52. The van der Waals surface area contributed by atoms with Crippen molar-refractivity contribution in [3.63, 3.8) is 0 Å². The van der Waals surface area contributed by atoms with Gasteiger partial charge < -0.3 is 10.2 Å². The molecule has 1 N–H and O–H groups in total. The van der Waals surface area contributed by atoms with Crippen LogP contribution in [0.2, 0.25) is 5.02 Å². The highest BCUT2D eigenvalue weighted by Gasteiger charge is 2.33. The van der Waals surface area contributed by atoms with Gasteiger partial charge >= 0.3 is 0 Å². The first-order chi connectivity index (χ1) is 18.0. The Hall–Kier alpha value is -2.88. The molecule has 38 heavy (non-hydrogen) atoms. The van der Waals surface area contributed by atoms with Crippen molar-refractivity contribution in [2.45, 2.75) is 50.7 Å². The number of hydrogen-bond donors (Lipinski definition) is 1. The second-order valence-electron chi connectivity index (χ2n) is 8.92. The van der Waals surface area contributed by atoms with Crippen LogP contribution in [0.1, 0.15) is 32.8 Å². The summed E-state index contributed by atoms with van der Waals surface area (Å²) in [5.41, 5.74) is 0.955. The number of carbonyl (C=O) groups is 2. The van der Waals surface area contributed by atoms with Crippen molar-refractivity contribution in [2.75, 3.05) is 10.8 Å². The minimum absolute atomic E-state index is 0.0221. The van der Waals surface area contributed by atoms with Crippen molar-refractivity contribution in [3.8, 4) is 0 Å². The average Bonchev–Trinajstić information content (AvgIpc) is 2.90. The number of hydrogen-bond acceptors (Lipinski definition) is 4. The molecule has 0 aliphatic carbocycles. The summed E-state index contributed by atoms with van der Waals surface area (Å²) in [4.78, 5) is 28.4. The third-order valence-corrected chi connectivity index (χ3v) is 8.73. The molecule has 0 spiro atoms. The van der Waals surface area contributed by atoms with E-state index in [0.29, 0.717) is 0 Å². The Labute approximate surface area is 238 Å². The number of benzene rings is 3. The van der Waals surface area contributed by atoms with E-state index in [4.69, 9.17) is 11.6 Å². The van der Waals surface area contributed by atoms with Gasteiger partial charge in [-0.1, -0.05) is 76.9 Å². The maximum atomic E-state index is 13.9.